The summed E-state index contributed by atoms with van der Waals surface area (Å²) in [6.07, 6.45) is -0.309. The molecule has 0 saturated heterocycles. The molecule has 0 aliphatic heterocycles. The molecule has 102 valence electrons. The van der Waals surface area contributed by atoms with E-state index in [1.165, 1.54) is 6.92 Å². The van der Waals surface area contributed by atoms with E-state index in [4.69, 9.17) is 10.2 Å². The van der Waals surface area contributed by atoms with Crippen molar-refractivity contribution >= 4 is 24.3 Å². The summed E-state index contributed by atoms with van der Waals surface area (Å²) in [5.41, 5.74) is -1.50. The zero-order valence-corrected chi connectivity index (χ0v) is 10.1. The Hall–Kier alpha value is -2.12. The molecule has 0 aliphatic carbocycles. The fourth-order valence-corrected chi connectivity index (χ4v) is 1.14. The SMILES string of the molecule is CCC(C)(NC(=O)[C@H](CC(=O)O)NC=O)C(=O)O. The van der Waals surface area contributed by atoms with Crippen LogP contribution < -0.4 is 10.6 Å². The second-order valence-corrected chi connectivity index (χ2v) is 3.92. The Bertz CT molecular complexity index is 356. The van der Waals surface area contributed by atoms with Crippen molar-refractivity contribution in [2.75, 3.05) is 0 Å². The molecule has 0 aromatic rings. The van der Waals surface area contributed by atoms with Crippen LogP contribution in [0.4, 0.5) is 0 Å². The number of carbonyl (C=O) groups excluding carboxylic acids is 2. The van der Waals surface area contributed by atoms with Gasteiger partial charge >= 0.3 is 11.9 Å². The molecule has 0 heterocycles. The van der Waals surface area contributed by atoms with Gasteiger partial charge in [-0.2, -0.15) is 0 Å². The molecule has 2 amide bonds. The molecule has 0 aliphatic rings. The monoisotopic (exact) mass is 260 g/mol. The first-order valence-corrected chi connectivity index (χ1v) is 5.23. The van der Waals surface area contributed by atoms with Crippen LogP contribution >= 0.6 is 0 Å². The lowest BCUT2D eigenvalue weighted by Crippen LogP contribution is -2.57. The van der Waals surface area contributed by atoms with E-state index in [-0.39, 0.29) is 12.8 Å². The Morgan fingerprint density at radius 3 is 2.22 bits per heavy atom. The van der Waals surface area contributed by atoms with Crippen LogP contribution in [-0.4, -0.2) is 46.0 Å². The third-order valence-electron chi connectivity index (χ3n) is 2.54. The predicted molar refractivity (Wildman–Crippen MR) is 59.7 cm³/mol. The first-order valence-electron chi connectivity index (χ1n) is 5.23. The first-order chi connectivity index (χ1) is 8.26. The highest BCUT2D eigenvalue weighted by Gasteiger charge is 2.35. The normalized spacial score (nSPS) is 15.0. The number of aliphatic carboxylic acids is 2. The summed E-state index contributed by atoms with van der Waals surface area (Å²) in [5, 5.41) is 21.8. The molecule has 2 atom stereocenters. The van der Waals surface area contributed by atoms with Gasteiger partial charge in [-0.25, -0.2) is 4.79 Å². The summed E-state index contributed by atoms with van der Waals surface area (Å²) in [4.78, 5) is 43.4. The zero-order chi connectivity index (χ0) is 14.3. The standard InChI is InChI=1S/C10H16N2O6/c1-3-10(2,9(17)18)12-8(16)6(11-5-13)4-7(14)15/h5-6H,3-4H2,1-2H3,(H,11,13)(H,12,16)(H,14,15)(H,17,18)/t6-,10?/m0/s1. The Morgan fingerprint density at radius 2 is 1.89 bits per heavy atom. The van der Waals surface area contributed by atoms with Gasteiger partial charge in [-0.3, -0.25) is 14.4 Å². The van der Waals surface area contributed by atoms with Crippen LogP contribution in [0, 0.1) is 0 Å². The average molecular weight is 260 g/mol. The second kappa shape index (κ2) is 6.58. The molecule has 0 fully saturated rings. The summed E-state index contributed by atoms with van der Waals surface area (Å²) in [6, 6.07) is -1.30. The summed E-state index contributed by atoms with van der Waals surface area (Å²) in [5.74, 6) is -3.37. The first kappa shape index (κ1) is 15.9. The van der Waals surface area contributed by atoms with Crippen molar-refractivity contribution in [3.63, 3.8) is 0 Å². The third-order valence-corrected chi connectivity index (χ3v) is 2.54. The van der Waals surface area contributed by atoms with Crippen LogP contribution in [0.15, 0.2) is 0 Å². The van der Waals surface area contributed by atoms with Crippen molar-refractivity contribution in [2.24, 2.45) is 0 Å². The van der Waals surface area contributed by atoms with Gasteiger partial charge < -0.3 is 20.8 Å². The van der Waals surface area contributed by atoms with E-state index >= 15 is 0 Å². The smallest absolute Gasteiger partial charge is 0.329 e. The van der Waals surface area contributed by atoms with Crippen molar-refractivity contribution in [1.29, 1.82) is 0 Å². The van der Waals surface area contributed by atoms with Gasteiger partial charge in [0.1, 0.15) is 11.6 Å². The number of nitrogens with one attached hydrogen (secondary N) is 2. The molecule has 8 heteroatoms. The molecule has 0 saturated carbocycles. The Balaban J connectivity index is 4.82. The van der Waals surface area contributed by atoms with Gasteiger partial charge in [-0.05, 0) is 13.3 Å². The van der Waals surface area contributed by atoms with Crippen LogP contribution in [0.3, 0.4) is 0 Å². The molecular weight excluding hydrogens is 244 g/mol. The number of amides is 2. The number of rotatable bonds is 8. The molecular formula is C10H16N2O6. The van der Waals surface area contributed by atoms with Gasteiger partial charge in [0.15, 0.2) is 0 Å². The minimum absolute atomic E-state index is 0.120. The summed E-state index contributed by atoms with van der Waals surface area (Å²) in [6.45, 7) is 2.86. The van der Waals surface area contributed by atoms with E-state index < -0.39 is 35.8 Å². The fourth-order valence-electron chi connectivity index (χ4n) is 1.14. The molecule has 18 heavy (non-hydrogen) atoms. The molecule has 0 bridgehead atoms. The van der Waals surface area contributed by atoms with E-state index in [2.05, 4.69) is 5.32 Å². The van der Waals surface area contributed by atoms with Crippen molar-refractivity contribution in [2.45, 2.75) is 38.3 Å². The minimum atomic E-state index is -1.50. The van der Waals surface area contributed by atoms with Crippen molar-refractivity contribution in [1.82, 2.24) is 10.6 Å². The topological polar surface area (TPSA) is 133 Å². The minimum Gasteiger partial charge on any atom is -0.481 e. The maximum atomic E-state index is 11.7. The maximum absolute atomic E-state index is 11.7. The van der Waals surface area contributed by atoms with Crippen molar-refractivity contribution in [3.8, 4) is 0 Å². The van der Waals surface area contributed by atoms with E-state index in [0.717, 1.165) is 0 Å². The van der Waals surface area contributed by atoms with Crippen LogP contribution in [0.5, 0.6) is 0 Å². The fraction of sp³-hybridized carbons (Fsp3) is 0.600. The van der Waals surface area contributed by atoms with Crippen LogP contribution in [0.1, 0.15) is 26.7 Å². The van der Waals surface area contributed by atoms with Crippen LogP contribution in [0.25, 0.3) is 0 Å². The van der Waals surface area contributed by atoms with Crippen molar-refractivity contribution in [3.05, 3.63) is 0 Å². The summed E-state index contributed by atoms with van der Waals surface area (Å²) >= 11 is 0. The quantitative estimate of drug-likeness (QED) is 0.411. The van der Waals surface area contributed by atoms with E-state index in [1.54, 1.807) is 6.92 Å². The third kappa shape index (κ3) is 4.40. The number of hydrogen-bond donors (Lipinski definition) is 4. The maximum Gasteiger partial charge on any atom is 0.329 e. The lowest BCUT2D eigenvalue weighted by Gasteiger charge is -2.26. The number of carbonyl (C=O) groups is 4. The average Bonchev–Trinajstić information content (AvgIpc) is 2.27. The number of carboxylic acids is 2. The van der Waals surface area contributed by atoms with E-state index in [1.807, 2.05) is 5.32 Å². The van der Waals surface area contributed by atoms with Crippen LogP contribution in [0.2, 0.25) is 0 Å². The number of hydrogen-bond acceptors (Lipinski definition) is 4. The molecule has 8 nitrogen and oxygen atoms in total. The molecule has 4 N–H and O–H groups in total. The predicted octanol–water partition coefficient (Wildman–Crippen LogP) is -1.05. The number of carboxylic acid groups (broad SMARTS) is 2. The molecule has 0 rings (SSSR count). The Labute approximate surface area is 103 Å². The van der Waals surface area contributed by atoms with Crippen molar-refractivity contribution < 1.29 is 29.4 Å². The molecule has 0 aromatic carbocycles. The van der Waals surface area contributed by atoms with Gasteiger partial charge in [0, 0.05) is 0 Å². The molecule has 0 radical (unpaired) electrons. The van der Waals surface area contributed by atoms with Gasteiger partial charge in [-0.1, -0.05) is 6.92 Å². The molecule has 0 spiro atoms. The lowest BCUT2D eigenvalue weighted by molar-refractivity contribution is -0.147. The Morgan fingerprint density at radius 1 is 1.33 bits per heavy atom. The largest absolute Gasteiger partial charge is 0.481 e. The van der Waals surface area contributed by atoms with E-state index in [9.17, 15) is 19.2 Å². The summed E-state index contributed by atoms with van der Waals surface area (Å²) in [7, 11) is 0. The lowest BCUT2D eigenvalue weighted by atomic mass is 9.98. The van der Waals surface area contributed by atoms with Gasteiger partial charge in [0.25, 0.3) is 0 Å². The van der Waals surface area contributed by atoms with Gasteiger partial charge in [0.2, 0.25) is 12.3 Å². The highest BCUT2D eigenvalue weighted by molar-refractivity contribution is 5.92. The second-order valence-electron chi connectivity index (χ2n) is 3.92. The molecule has 0 aromatic heterocycles. The Kier molecular flexibility index (Phi) is 5.80. The van der Waals surface area contributed by atoms with Gasteiger partial charge in [0.05, 0.1) is 6.42 Å². The van der Waals surface area contributed by atoms with E-state index in [0.29, 0.717) is 0 Å². The highest BCUT2D eigenvalue weighted by atomic mass is 16.4. The van der Waals surface area contributed by atoms with Gasteiger partial charge in [-0.15, -0.1) is 0 Å². The highest BCUT2D eigenvalue weighted by Crippen LogP contribution is 2.10. The zero-order valence-electron chi connectivity index (χ0n) is 10.1. The molecule has 1 unspecified atom stereocenters. The summed E-state index contributed by atoms with van der Waals surface area (Å²) < 4.78 is 0. The van der Waals surface area contributed by atoms with Crippen LogP contribution in [-0.2, 0) is 19.2 Å².